The number of hydrogen-bond acceptors (Lipinski definition) is 6. The molecule has 0 unspecified atom stereocenters. The van der Waals surface area contributed by atoms with Crippen LogP contribution in [0.3, 0.4) is 0 Å². The average molecular weight is 558 g/mol. The molecule has 1 amide bonds. The highest BCUT2D eigenvalue weighted by atomic mass is 32.2. The van der Waals surface area contributed by atoms with Crippen LogP contribution in [0.2, 0.25) is 0 Å². The Balaban J connectivity index is 1.50. The molecule has 5 rings (SSSR count). The largest absolute Gasteiger partial charge is 0.516 e. The van der Waals surface area contributed by atoms with E-state index in [0.29, 0.717) is 22.6 Å². The van der Waals surface area contributed by atoms with E-state index in [1.54, 1.807) is 29.0 Å². The Hall–Kier alpha value is -3.87. The van der Waals surface area contributed by atoms with Gasteiger partial charge in [0.25, 0.3) is 5.91 Å². The molecule has 2 aliphatic heterocycles. The van der Waals surface area contributed by atoms with Gasteiger partial charge >= 0.3 is 15.5 Å². The van der Waals surface area contributed by atoms with Crippen LogP contribution in [-0.2, 0) is 21.4 Å². The first kappa shape index (κ1) is 26.7. The van der Waals surface area contributed by atoms with Gasteiger partial charge in [0.05, 0.1) is 11.3 Å². The number of nitrogens with zero attached hydrogens (tertiary/aromatic N) is 1. The molecule has 0 saturated carbocycles. The number of halogens is 3. The molecule has 39 heavy (non-hydrogen) atoms. The minimum atomic E-state index is -5.63. The van der Waals surface area contributed by atoms with E-state index in [1.807, 2.05) is 30.3 Å². The van der Waals surface area contributed by atoms with Gasteiger partial charge in [-0.2, -0.15) is 21.6 Å². The number of benzene rings is 3. The van der Waals surface area contributed by atoms with Crippen LogP contribution >= 0.6 is 0 Å². The van der Waals surface area contributed by atoms with Gasteiger partial charge in [0.15, 0.2) is 0 Å². The summed E-state index contributed by atoms with van der Waals surface area (Å²) in [6.45, 7) is 4.67. The number of rotatable bonds is 7. The second-order valence-corrected chi connectivity index (χ2v) is 10.9. The number of fused-ring (bicyclic) bond motifs is 1. The number of amides is 1. The zero-order chi connectivity index (χ0) is 27.6. The maximum atomic E-state index is 13.1. The molecule has 0 bridgehead atoms. The van der Waals surface area contributed by atoms with Gasteiger partial charge in [0.1, 0.15) is 0 Å². The van der Waals surface area contributed by atoms with Crippen LogP contribution in [0.4, 0.5) is 30.2 Å². The molecule has 3 aromatic rings. The number of carbonyl (C=O) groups excluding carboxylic acids is 1. The number of hydrogen-bond donors (Lipinski definition) is 4. The van der Waals surface area contributed by atoms with E-state index in [2.05, 4.69) is 20.9 Å². The second kappa shape index (κ2) is 10.7. The lowest BCUT2D eigenvalue weighted by Crippen LogP contribution is -2.42. The van der Waals surface area contributed by atoms with Gasteiger partial charge in [0, 0.05) is 55.3 Å². The molecular formula is C27H26F3N5O3S. The normalized spacial score (nSPS) is 17.4. The fraction of sp³-hybridized carbons (Fsp3) is 0.222. The fourth-order valence-corrected chi connectivity index (χ4v) is 5.09. The summed E-state index contributed by atoms with van der Waals surface area (Å²) in [5, 5.41) is 9.35. The summed E-state index contributed by atoms with van der Waals surface area (Å²) in [4.78, 5) is 15.5. The minimum Gasteiger partial charge on any atom is -0.354 e. The zero-order valence-corrected chi connectivity index (χ0v) is 21.5. The Morgan fingerprint density at radius 2 is 1.59 bits per heavy atom. The SMILES string of the molecule is O=C1Nc2ccc(NS(=O)(=O)C(F)(F)F)cc2C1=C(Nc1ccc(CN2CCNCC2)cc1)c1ccccc1. The molecule has 3 aromatic carbocycles. The summed E-state index contributed by atoms with van der Waals surface area (Å²) >= 11 is 0. The highest BCUT2D eigenvalue weighted by molar-refractivity contribution is 7.93. The van der Waals surface area contributed by atoms with Crippen molar-refractivity contribution in [2.75, 3.05) is 41.5 Å². The first-order valence-corrected chi connectivity index (χ1v) is 13.7. The first-order valence-electron chi connectivity index (χ1n) is 12.2. The number of sulfonamides is 1. The van der Waals surface area contributed by atoms with Crippen LogP contribution in [0.25, 0.3) is 11.3 Å². The number of piperazine rings is 1. The fourth-order valence-electron chi connectivity index (χ4n) is 4.54. The van der Waals surface area contributed by atoms with Gasteiger partial charge in [-0.3, -0.25) is 14.4 Å². The van der Waals surface area contributed by atoms with Gasteiger partial charge in [-0.15, -0.1) is 0 Å². The molecule has 0 radical (unpaired) electrons. The molecule has 0 aromatic heterocycles. The van der Waals surface area contributed by atoms with Gasteiger partial charge in [-0.25, -0.2) is 0 Å². The van der Waals surface area contributed by atoms with Gasteiger partial charge in [-0.05, 0) is 41.5 Å². The van der Waals surface area contributed by atoms with Crippen LogP contribution in [0.1, 0.15) is 16.7 Å². The molecule has 12 heteroatoms. The van der Waals surface area contributed by atoms with Crippen molar-refractivity contribution in [2.45, 2.75) is 12.1 Å². The maximum absolute atomic E-state index is 13.1. The van der Waals surface area contributed by atoms with Crippen molar-refractivity contribution in [1.82, 2.24) is 10.2 Å². The third-order valence-electron chi connectivity index (χ3n) is 6.47. The van der Waals surface area contributed by atoms with E-state index in [9.17, 15) is 26.4 Å². The molecular weight excluding hydrogens is 531 g/mol. The standard InChI is InChI=1S/C27H26F3N5O3S/c28-27(29,30)39(37,38)34-21-10-11-23-22(16-21)24(26(36)33-23)25(19-4-2-1-3-5-19)32-20-8-6-18(7-9-20)17-35-14-12-31-13-15-35/h1-11,16,31-32,34H,12-15,17H2,(H,33,36). The Morgan fingerprint density at radius 3 is 2.26 bits per heavy atom. The molecule has 8 nitrogen and oxygen atoms in total. The van der Waals surface area contributed by atoms with Crippen molar-refractivity contribution in [3.63, 3.8) is 0 Å². The predicted octanol–water partition coefficient (Wildman–Crippen LogP) is 4.29. The topological polar surface area (TPSA) is 103 Å². The molecule has 0 aliphatic carbocycles. The molecule has 1 fully saturated rings. The van der Waals surface area contributed by atoms with E-state index in [-0.39, 0.29) is 16.8 Å². The van der Waals surface area contributed by atoms with Crippen molar-refractivity contribution in [3.05, 3.63) is 89.5 Å². The molecule has 2 heterocycles. The third-order valence-corrected chi connectivity index (χ3v) is 7.59. The van der Waals surface area contributed by atoms with Crippen LogP contribution in [0.5, 0.6) is 0 Å². The Labute approximate surface area is 224 Å². The third kappa shape index (κ3) is 5.92. The van der Waals surface area contributed by atoms with E-state index < -0.39 is 21.4 Å². The quantitative estimate of drug-likeness (QED) is 0.324. The number of carbonyl (C=O) groups is 1. The zero-order valence-electron chi connectivity index (χ0n) is 20.7. The summed E-state index contributed by atoms with van der Waals surface area (Å²) < 4.78 is 63.7. The number of nitrogens with one attached hydrogen (secondary N) is 4. The van der Waals surface area contributed by atoms with E-state index in [0.717, 1.165) is 44.4 Å². The smallest absolute Gasteiger partial charge is 0.354 e. The lowest BCUT2D eigenvalue weighted by atomic mass is 9.99. The van der Waals surface area contributed by atoms with Crippen molar-refractivity contribution < 1.29 is 26.4 Å². The second-order valence-electron chi connectivity index (χ2n) is 9.23. The predicted molar refractivity (Wildman–Crippen MR) is 145 cm³/mol. The summed E-state index contributed by atoms with van der Waals surface area (Å²) in [7, 11) is -5.63. The van der Waals surface area contributed by atoms with E-state index in [4.69, 9.17) is 0 Å². The number of alkyl halides is 3. The van der Waals surface area contributed by atoms with Crippen LogP contribution in [0.15, 0.2) is 72.8 Å². The van der Waals surface area contributed by atoms with Crippen molar-refractivity contribution in [2.24, 2.45) is 0 Å². The minimum absolute atomic E-state index is 0.175. The van der Waals surface area contributed by atoms with Crippen LogP contribution in [0, 0.1) is 0 Å². The number of anilines is 3. The van der Waals surface area contributed by atoms with Crippen molar-refractivity contribution in [3.8, 4) is 0 Å². The molecule has 0 spiro atoms. The lowest BCUT2D eigenvalue weighted by Gasteiger charge is -2.27. The highest BCUT2D eigenvalue weighted by Gasteiger charge is 2.46. The Kier molecular flexibility index (Phi) is 7.34. The molecule has 204 valence electrons. The van der Waals surface area contributed by atoms with Crippen LogP contribution in [-0.4, -0.2) is 50.9 Å². The summed E-state index contributed by atoms with van der Waals surface area (Å²) in [5.41, 5.74) is -2.05. The van der Waals surface area contributed by atoms with Gasteiger partial charge in [0.2, 0.25) is 0 Å². The summed E-state index contributed by atoms with van der Waals surface area (Å²) in [5.74, 6) is -0.470. The Morgan fingerprint density at radius 1 is 0.923 bits per heavy atom. The van der Waals surface area contributed by atoms with Gasteiger partial charge in [-0.1, -0.05) is 42.5 Å². The van der Waals surface area contributed by atoms with Gasteiger partial charge < -0.3 is 16.0 Å². The first-order chi connectivity index (χ1) is 18.6. The van der Waals surface area contributed by atoms with E-state index >= 15 is 0 Å². The molecule has 0 atom stereocenters. The molecule has 4 N–H and O–H groups in total. The highest BCUT2D eigenvalue weighted by Crippen LogP contribution is 2.39. The molecule has 1 saturated heterocycles. The van der Waals surface area contributed by atoms with Crippen molar-refractivity contribution >= 4 is 44.3 Å². The molecule has 2 aliphatic rings. The van der Waals surface area contributed by atoms with E-state index in [1.165, 1.54) is 12.1 Å². The lowest BCUT2D eigenvalue weighted by molar-refractivity contribution is -0.110. The average Bonchev–Trinajstić information content (AvgIpc) is 3.23. The van der Waals surface area contributed by atoms with Crippen LogP contribution < -0.4 is 20.7 Å². The Bertz CT molecular complexity index is 1500. The summed E-state index contributed by atoms with van der Waals surface area (Å²) in [6.07, 6.45) is 0. The monoisotopic (exact) mass is 557 g/mol. The maximum Gasteiger partial charge on any atom is 0.516 e. The summed E-state index contributed by atoms with van der Waals surface area (Å²) in [6, 6.07) is 20.6. The van der Waals surface area contributed by atoms with Crippen molar-refractivity contribution in [1.29, 1.82) is 0 Å².